The van der Waals surface area contributed by atoms with Crippen molar-refractivity contribution in [1.29, 1.82) is 0 Å². The van der Waals surface area contributed by atoms with E-state index in [2.05, 4.69) is 10.1 Å². The maximum absolute atomic E-state index is 13.3. The van der Waals surface area contributed by atoms with Crippen LogP contribution in [0.3, 0.4) is 0 Å². The summed E-state index contributed by atoms with van der Waals surface area (Å²) in [5.74, 6) is -0.397. The van der Waals surface area contributed by atoms with Crippen molar-refractivity contribution >= 4 is 0 Å². The molecule has 0 unspecified atom stereocenters. The Kier molecular flexibility index (Phi) is 5.67. The zero-order valence-corrected chi connectivity index (χ0v) is 18.1. The predicted octanol–water partition coefficient (Wildman–Crippen LogP) is 5.64. The number of hydrogen-bond acceptors (Lipinski definition) is 5. The van der Waals surface area contributed by atoms with E-state index in [0.717, 1.165) is 30.6 Å². The zero-order chi connectivity index (χ0) is 23.2. The number of benzene rings is 2. The van der Waals surface area contributed by atoms with Gasteiger partial charge in [0.05, 0.1) is 17.5 Å². The molecule has 0 aliphatic carbocycles. The molecule has 0 atom stereocenters. The van der Waals surface area contributed by atoms with Crippen molar-refractivity contribution in [3.63, 3.8) is 0 Å². The van der Waals surface area contributed by atoms with Gasteiger partial charge in [0.1, 0.15) is 17.2 Å². The third kappa shape index (κ3) is 4.32. The van der Waals surface area contributed by atoms with Crippen molar-refractivity contribution in [2.75, 3.05) is 13.6 Å². The predicted molar refractivity (Wildman–Crippen MR) is 115 cm³/mol. The highest BCUT2D eigenvalue weighted by Gasteiger charge is 2.34. The molecule has 3 aromatic rings. The summed E-state index contributed by atoms with van der Waals surface area (Å²) >= 11 is 0. The Hall–Kier alpha value is -3.00. The van der Waals surface area contributed by atoms with Crippen LogP contribution in [-0.2, 0) is 19.4 Å². The molecule has 32 heavy (non-hydrogen) atoms. The summed E-state index contributed by atoms with van der Waals surface area (Å²) < 4.78 is 45.3. The number of phenolic OH excluding ortho intramolecular Hbond substituents is 2. The molecule has 0 bridgehead atoms. The molecule has 0 radical (unpaired) electrons. The molecule has 5 nitrogen and oxygen atoms in total. The van der Waals surface area contributed by atoms with Gasteiger partial charge < -0.3 is 19.6 Å². The molecule has 0 spiro atoms. The Morgan fingerprint density at radius 3 is 2.53 bits per heavy atom. The van der Waals surface area contributed by atoms with E-state index in [0.29, 0.717) is 11.1 Å². The summed E-state index contributed by atoms with van der Waals surface area (Å²) in [4.78, 5) is 2.18. The van der Waals surface area contributed by atoms with E-state index in [1.807, 2.05) is 33.0 Å². The minimum Gasteiger partial charge on any atom is -0.508 e. The Labute approximate surface area is 184 Å². The fourth-order valence-electron chi connectivity index (χ4n) is 4.20. The van der Waals surface area contributed by atoms with Crippen molar-refractivity contribution < 1.29 is 27.9 Å². The largest absolute Gasteiger partial charge is 0.508 e. The third-order valence-corrected chi connectivity index (χ3v) is 5.84. The molecule has 4 rings (SSSR count). The van der Waals surface area contributed by atoms with Gasteiger partial charge in [0, 0.05) is 19.2 Å². The van der Waals surface area contributed by atoms with Gasteiger partial charge in [-0.25, -0.2) is 0 Å². The van der Waals surface area contributed by atoms with Crippen molar-refractivity contribution in [3.8, 4) is 33.9 Å². The van der Waals surface area contributed by atoms with Gasteiger partial charge in [-0.15, -0.1) is 0 Å². The van der Waals surface area contributed by atoms with Crippen LogP contribution in [0, 0.1) is 0 Å². The molecule has 170 valence electrons. The molecule has 0 fully saturated rings. The van der Waals surface area contributed by atoms with Crippen LogP contribution >= 0.6 is 0 Å². The number of likely N-dealkylation sites (N-methyl/N-ethyl adjacent to an activating group) is 1. The van der Waals surface area contributed by atoms with E-state index in [9.17, 15) is 23.4 Å². The highest BCUT2D eigenvalue weighted by atomic mass is 19.4. The van der Waals surface area contributed by atoms with E-state index < -0.39 is 12.6 Å². The normalized spacial score (nSPS) is 14.7. The molecule has 0 saturated heterocycles. The van der Waals surface area contributed by atoms with Gasteiger partial charge in [0.2, 0.25) is 0 Å². The van der Waals surface area contributed by atoms with Crippen molar-refractivity contribution in [1.82, 2.24) is 10.1 Å². The number of aromatic nitrogens is 1. The van der Waals surface area contributed by atoms with Crippen molar-refractivity contribution in [2.45, 2.75) is 45.3 Å². The van der Waals surface area contributed by atoms with Gasteiger partial charge in [-0.1, -0.05) is 37.2 Å². The fourth-order valence-corrected chi connectivity index (χ4v) is 4.20. The van der Waals surface area contributed by atoms with E-state index in [-0.39, 0.29) is 40.0 Å². The second-order valence-electron chi connectivity index (χ2n) is 8.68. The Bertz CT molecular complexity index is 1150. The smallest absolute Gasteiger partial charge is 0.394 e. The maximum atomic E-state index is 13.3. The van der Waals surface area contributed by atoms with Crippen molar-refractivity contribution in [3.05, 3.63) is 52.7 Å². The van der Waals surface area contributed by atoms with E-state index in [4.69, 9.17) is 4.52 Å². The lowest BCUT2D eigenvalue weighted by Gasteiger charge is -2.25. The summed E-state index contributed by atoms with van der Waals surface area (Å²) in [5.41, 5.74) is 3.47. The summed E-state index contributed by atoms with van der Waals surface area (Å²) in [6, 6.07) is 8.31. The quantitative estimate of drug-likeness (QED) is 0.543. The second-order valence-corrected chi connectivity index (χ2v) is 8.68. The lowest BCUT2D eigenvalue weighted by Crippen LogP contribution is -2.26. The molecular formula is C24H25F3N2O3. The van der Waals surface area contributed by atoms with Crippen LogP contribution in [0.4, 0.5) is 13.2 Å². The summed E-state index contributed by atoms with van der Waals surface area (Å²) in [6.07, 6.45) is -4.93. The van der Waals surface area contributed by atoms with Crippen LogP contribution in [0.5, 0.6) is 11.5 Å². The first kappa shape index (κ1) is 22.2. The van der Waals surface area contributed by atoms with Gasteiger partial charge in [-0.05, 0) is 47.7 Å². The van der Waals surface area contributed by atoms with Gasteiger partial charge >= 0.3 is 6.18 Å². The number of aromatic hydroxyl groups is 2. The Morgan fingerprint density at radius 1 is 1.09 bits per heavy atom. The minimum absolute atomic E-state index is 0.0523. The number of hydrogen-bond donors (Lipinski definition) is 2. The van der Waals surface area contributed by atoms with Crippen LogP contribution in [0.15, 0.2) is 34.9 Å². The first-order valence-corrected chi connectivity index (χ1v) is 10.5. The average Bonchev–Trinajstić information content (AvgIpc) is 3.08. The standard InChI is InChI=1S/C24H25F3N2O3/c1-13(2)17-9-18(21(31)10-20(17)30)23-22(19(28-32-23)11-24(25,26)27)15-4-5-16-12-29(3)7-6-14(16)8-15/h4-5,8-10,13,30-31H,6-7,11-12H2,1-3H3. The van der Waals surface area contributed by atoms with Crippen LogP contribution in [-0.4, -0.2) is 40.0 Å². The van der Waals surface area contributed by atoms with Crippen LogP contribution in [0.25, 0.3) is 22.5 Å². The van der Waals surface area contributed by atoms with E-state index >= 15 is 0 Å². The zero-order valence-electron chi connectivity index (χ0n) is 18.1. The summed E-state index contributed by atoms with van der Waals surface area (Å²) in [5, 5.41) is 24.4. The van der Waals surface area contributed by atoms with Crippen LogP contribution in [0.2, 0.25) is 0 Å². The molecule has 0 saturated carbocycles. The molecule has 2 aromatic carbocycles. The number of halogens is 3. The minimum atomic E-state index is -4.47. The molecule has 1 aromatic heterocycles. The average molecular weight is 446 g/mol. The second kappa shape index (κ2) is 8.16. The maximum Gasteiger partial charge on any atom is 0.394 e. The number of nitrogens with zero attached hydrogens (tertiary/aromatic N) is 2. The lowest BCUT2D eigenvalue weighted by atomic mass is 9.91. The lowest BCUT2D eigenvalue weighted by molar-refractivity contribution is -0.128. The van der Waals surface area contributed by atoms with Crippen LogP contribution in [0.1, 0.15) is 42.1 Å². The van der Waals surface area contributed by atoms with Gasteiger partial charge in [0.15, 0.2) is 5.76 Å². The number of fused-ring (bicyclic) bond motifs is 1. The van der Waals surface area contributed by atoms with Gasteiger partial charge in [0.25, 0.3) is 0 Å². The Morgan fingerprint density at radius 2 is 1.84 bits per heavy atom. The highest BCUT2D eigenvalue weighted by Crippen LogP contribution is 2.44. The first-order chi connectivity index (χ1) is 15.0. The van der Waals surface area contributed by atoms with Crippen LogP contribution < -0.4 is 0 Å². The van der Waals surface area contributed by atoms with E-state index in [1.54, 1.807) is 12.1 Å². The molecule has 2 N–H and O–H groups in total. The molecule has 1 aliphatic heterocycles. The number of alkyl halides is 3. The van der Waals surface area contributed by atoms with Crippen molar-refractivity contribution in [2.24, 2.45) is 0 Å². The molecule has 8 heteroatoms. The molecule has 0 amide bonds. The number of rotatable bonds is 4. The molecular weight excluding hydrogens is 421 g/mol. The SMILES string of the molecule is CC(C)c1cc(-c2onc(CC(F)(F)F)c2-c2ccc3c(c2)CCN(C)C3)c(O)cc1O. The molecule has 1 aliphatic rings. The number of phenols is 2. The topological polar surface area (TPSA) is 69.7 Å². The summed E-state index contributed by atoms with van der Waals surface area (Å²) in [6.45, 7) is 5.37. The molecule has 2 heterocycles. The third-order valence-electron chi connectivity index (χ3n) is 5.84. The van der Waals surface area contributed by atoms with Gasteiger partial charge in [-0.2, -0.15) is 13.2 Å². The highest BCUT2D eigenvalue weighted by molar-refractivity contribution is 5.85. The fraction of sp³-hybridized carbons (Fsp3) is 0.375. The van der Waals surface area contributed by atoms with Gasteiger partial charge in [-0.3, -0.25) is 0 Å². The first-order valence-electron chi connectivity index (χ1n) is 10.5. The van der Waals surface area contributed by atoms with E-state index in [1.165, 1.54) is 6.07 Å². The monoisotopic (exact) mass is 446 g/mol. The summed E-state index contributed by atoms with van der Waals surface area (Å²) in [7, 11) is 2.02. The Balaban J connectivity index is 1.91.